The van der Waals surface area contributed by atoms with Gasteiger partial charge in [0.2, 0.25) is 5.83 Å². The van der Waals surface area contributed by atoms with Crippen molar-refractivity contribution >= 4 is 35.5 Å². The molecule has 0 aliphatic heterocycles. The van der Waals surface area contributed by atoms with Crippen LogP contribution in [0.2, 0.25) is 0 Å². The van der Waals surface area contributed by atoms with Gasteiger partial charge in [-0.3, -0.25) is 0 Å². The van der Waals surface area contributed by atoms with Gasteiger partial charge in [-0.25, -0.2) is 4.79 Å². The minimum Gasteiger partial charge on any atom is -0.512 e. The maximum atomic E-state index is 11.8. The number of aliphatic hydroxyl groups excluding tert-OH is 1. The molecule has 1 N–H and O–H groups in total. The van der Waals surface area contributed by atoms with Crippen LogP contribution in [0, 0.1) is 0 Å². The quantitative estimate of drug-likeness (QED) is 0.275. The molecule has 0 bridgehead atoms. The van der Waals surface area contributed by atoms with Crippen molar-refractivity contribution in [3.63, 3.8) is 0 Å². The van der Waals surface area contributed by atoms with Crippen LogP contribution >= 0.6 is 0 Å². The number of carbonyl (C=O) groups excluding carboxylic acids is 1. The molecule has 3 nitrogen and oxygen atoms in total. The molecule has 0 saturated heterocycles. The van der Waals surface area contributed by atoms with E-state index in [0.717, 1.165) is 0 Å². The second-order valence-corrected chi connectivity index (χ2v) is 1.20. The van der Waals surface area contributed by atoms with Crippen LogP contribution in [0.1, 0.15) is 6.92 Å². The normalized spacial score (nSPS) is 10.0. The first kappa shape index (κ1) is 12.6. The summed E-state index contributed by atoms with van der Waals surface area (Å²) in [5, 5.41) is 7.89. The van der Waals surface area contributed by atoms with Crippen LogP contribution < -0.4 is 0 Å². The van der Waals surface area contributed by atoms with Gasteiger partial charge in [0.1, 0.15) is 6.26 Å². The Morgan fingerprint density at radius 1 is 1.80 bits per heavy atom. The van der Waals surface area contributed by atoms with E-state index in [1.165, 1.54) is 0 Å². The number of hydrogen-bond donors (Lipinski definition) is 1. The fourth-order valence-corrected chi connectivity index (χ4v) is 0.253. The molecule has 0 spiro atoms. The van der Waals surface area contributed by atoms with Crippen molar-refractivity contribution < 1.29 is 19.0 Å². The number of hydrogen-bond acceptors (Lipinski definition) is 3. The van der Waals surface area contributed by atoms with E-state index in [2.05, 4.69) is 4.74 Å². The predicted molar refractivity (Wildman–Crippen MR) is 34.2 cm³/mol. The van der Waals surface area contributed by atoms with Gasteiger partial charge in [0.25, 0.3) is 0 Å². The number of carbonyl (C=O) groups is 1. The molecule has 0 rings (SSSR count). The molecule has 0 heterocycles. The van der Waals surface area contributed by atoms with Crippen molar-refractivity contribution in [3.8, 4) is 0 Å². The van der Waals surface area contributed by atoms with Crippen LogP contribution in [0.15, 0.2) is 12.1 Å². The van der Waals surface area contributed by atoms with Crippen LogP contribution in [0.3, 0.4) is 0 Å². The Morgan fingerprint density at radius 3 is 2.60 bits per heavy atom. The van der Waals surface area contributed by atoms with Gasteiger partial charge >= 0.3 is 5.97 Å². The van der Waals surface area contributed by atoms with E-state index in [1.807, 2.05) is 0 Å². The summed E-state index contributed by atoms with van der Waals surface area (Å²) < 4.78 is 16.0. The van der Waals surface area contributed by atoms with Gasteiger partial charge in [-0.15, -0.1) is 0 Å². The maximum absolute atomic E-state index is 11.8. The van der Waals surface area contributed by atoms with Crippen molar-refractivity contribution in [1.82, 2.24) is 0 Å². The average Bonchev–Trinajstić information content (AvgIpc) is 1.87. The largest absolute Gasteiger partial charge is 0.512 e. The van der Waals surface area contributed by atoms with E-state index < -0.39 is 11.8 Å². The zero-order chi connectivity index (χ0) is 7.28. The molecule has 5 heteroatoms. The van der Waals surface area contributed by atoms with Gasteiger partial charge in [-0.05, 0) is 6.92 Å². The van der Waals surface area contributed by atoms with Crippen molar-refractivity contribution in [1.29, 1.82) is 0 Å². The van der Waals surface area contributed by atoms with Gasteiger partial charge < -0.3 is 9.84 Å². The van der Waals surface area contributed by atoms with E-state index in [0.29, 0.717) is 0 Å². The van der Waals surface area contributed by atoms with Gasteiger partial charge in [-0.2, -0.15) is 4.39 Å². The monoisotopic (exact) mass is 157 g/mol. The first-order chi connectivity index (χ1) is 4.22. The molecule has 0 aliphatic rings. The van der Waals surface area contributed by atoms with Crippen LogP contribution in [0.25, 0.3) is 0 Å². The standard InChI is InChI=1S/C5H7FO3.Na/c1-2-9-5(8)4(6)3-7;/h3,7H,2H2,1H3;. The number of rotatable bonds is 2. The SMILES string of the molecule is CCOC(=O)C(F)=CO.[Na]. The van der Waals surface area contributed by atoms with Gasteiger partial charge in [0.05, 0.1) is 6.61 Å². The predicted octanol–water partition coefficient (Wildman–Crippen LogP) is 0.538. The minimum atomic E-state index is -1.28. The molecular formula is C5H7FNaO3. The van der Waals surface area contributed by atoms with Crippen molar-refractivity contribution in [2.24, 2.45) is 0 Å². The summed E-state index contributed by atoms with van der Waals surface area (Å²) in [7, 11) is 0. The molecular weight excluding hydrogens is 150 g/mol. The minimum absolute atomic E-state index is 0. The summed E-state index contributed by atoms with van der Waals surface area (Å²) >= 11 is 0. The molecule has 10 heavy (non-hydrogen) atoms. The number of halogens is 1. The molecule has 0 unspecified atom stereocenters. The summed E-state index contributed by atoms with van der Waals surface area (Å²) in [4.78, 5) is 10.1. The summed E-state index contributed by atoms with van der Waals surface area (Å²) in [6.45, 7) is 1.64. The van der Waals surface area contributed by atoms with Crippen molar-refractivity contribution in [2.45, 2.75) is 6.92 Å². The third-order valence-electron chi connectivity index (χ3n) is 0.584. The molecule has 0 aromatic carbocycles. The van der Waals surface area contributed by atoms with Crippen LogP contribution in [0.4, 0.5) is 4.39 Å². The molecule has 53 valence electrons. The summed E-state index contributed by atoms with van der Waals surface area (Å²) in [5.41, 5.74) is 0. The van der Waals surface area contributed by atoms with Crippen molar-refractivity contribution in [2.75, 3.05) is 6.61 Å². The number of ether oxygens (including phenoxy) is 1. The second kappa shape index (κ2) is 7.05. The maximum Gasteiger partial charge on any atom is 0.370 e. The van der Waals surface area contributed by atoms with Gasteiger partial charge in [0.15, 0.2) is 0 Å². The second-order valence-electron chi connectivity index (χ2n) is 1.20. The van der Waals surface area contributed by atoms with Gasteiger partial charge in [0, 0.05) is 29.6 Å². The fourth-order valence-electron chi connectivity index (χ4n) is 0.253. The summed E-state index contributed by atoms with van der Waals surface area (Å²) in [6, 6.07) is 0. The van der Waals surface area contributed by atoms with Crippen LogP contribution in [0.5, 0.6) is 0 Å². The molecule has 0 aromatic heterocycles. The third kappa shape index (κ3) is 4.78. The Morgan fingerprint density at radius 2 is 2.30 bits per heavy atom. The molecule has 0 fully saturated rings. The first-order valence-electron chi connectivity index (χ1n) is 2.39. The average molecular weight is 157 g/mol. The molecule has 0 atom stereocenters. The Balaban J connectivity index is 0. The number of esters is 1. The zero-order valence-electron chi connectivity index (χ0n) is 5.93. The molecule has 0 aliphatic carbocycles. The Bertz CT molecular complexity index is 135. The van der Waals surface area contributed by atoms with E-state index >= 15 is 0 Å². The van der Waals surface area contributed by atoms with E-state index in [9.17, 15) is 9.18 Å². The third-order valence-corrected chi connectivity index (χ3v) is 0.584. The summed E-state index contributed by atoms with van der Waals surface area (Å²) in [5.74, 6) is -2.42. The molecule has 1 radical (unpaired) electrons. The smallest absolute Gasteiger partial charge is 0.370 e. The first-order valence-corrected chi connectivity index (χ1v) is 2.39. The topological polar surface area (TPSA) is 46.5 Å². The van der Waals surface area contributed by atoms with Gasteiger partial charge in [-0.1, -0.05) is 0 Å². The zero-order valence-corrected chi connectivity index (χ0v) is 7.93. The van der Waals surface area contributed by atoms with E-state index in [4.69, 9.17) is 5.11 Å². The Hall–Kier alpha value is -0.0600. The Kier molecular flexibility index (Phi) is 8.89. The summed E-state index contributed by atoms with van der Waals surface area (Å²) in [6.07, 6.45) is 0.0675. The Labute approximate surface area is 80.2 Å². The molecule has 0 aromatic rings. The van der Waals surface area contributed by atoms with Crippen LogP contribution in [-0.2, 0) is 9.53 Å². The van der Waals surface area contributed by atoms with Crippen molar-refractivity contribution in [3.05, 3.63) is 12.1 Å². The molecule has 0 saturated carbocycles. The number of aliphatic hydroxyl groups is 1. The van der Waals surface area contributed by atoms with E-state index in [1.54, 1.807) is 6.92 Å². The fraction of sp³-hybridized carbons (Fsp3) is 0.400. The van der Waals surface area contributed by atoms with Crippen LogP contribution in [-0.4, -0.2) is 47.2 Å². The van der Waals surface area contributed by atoms with E-state index in [-0.39, 0.29) is 42.4 Å². The molecule has 0 amide bonds.